The average molecular weight is 409 g/mol. The van der Waals surface area contributed by atoms with Crippen molar-refractivity contribution in [3.63, 3.8) is 0 Å². The molecule has 0 spiro atoms. The van der Waals surface area contributed by atoms with Gasteiger partial charge in [0.25, 0.3) is 0 Å². The van der Waals surface area contributed by atoms with Gasteiger partial charge in [0.2, 0.25) is 0 Å². The van der Waals surface area contributed by atoms with Crippen molar-refractivity contribution in [3.8, 4) is 17.0 Å². The number of esters is 1. The molecule has 0 saturated heterocycles. The van der Waals surface area contributed by atoms with Crippen LogP contribution in [-0.2, 0) is 22.4 Å². The molecule has 2 aromatic carbocycles. The van der Waals surface area contributed by atoms with Crippen LogP contribution in [0.25, 0.3) is 11.3 Å². The van der Waals surface area contributed by atoms with E-state index in [4.69, 9.17) is 21.3 Å². The highest BCUT2D eigenvalue weighted by molar-refractivity contribution is 6.30. The number of carbonyl (C=O) groups is 1. The van der Waals surface area contributed by atoms with E-state index in [1.807, 2.05) is 48.5 Å². The topological polar surface area (TPSA) is 60.5 Å². The molecular formula is C23H21ClN2O3. The predicted octanol–water partition coefficient (Wildman–Crippen LogP) is 5.19. The Morgan fingerprint density at radius 1 is 1.14 bits per heavy atom. The van der Waals surface area contributed by atoms with Crippen molar-refractivity contribution in [1.82, 2.24) is 4.98 Å². The largest absolute Gasteiger partial charge is 0.482 e. The summed E-state index contributed by atoms with van der Waals surface area (Å²) in [4.78, 5) is 16.1. The number of anilines is 2. The lowest BCUT2D eigenvalue weighted by Gasteiger charge is -2.14. The van der Waals surface area contributed by atoms with Gasteiger partial charge in [0.05, 0.1) is 12.8 Å². The second-order valence-corrected chi connectivity index (χ2v) is 7.29. The first kappa shape index (κ1) is 19.3. The number of halogens is 1. The summed E-state index contributed by atoms with van der Waals surface area (Å²) in [6.07, 6.45) is 3.11. The lowest BCUT2D eigenvalue weighted by molar-refractivity contribution is -0.142. The third-order valence-corrected chi connectivity index (χ3v) is 5.12. The number of rotatable bonds is 6. The Bertz CT molecular complexity index is 1030. The number of fused-ring (bicyclic) bond motifs is 1. The molecule has 1 N–H and O–H groups in total. The van der Waals surface area contributed by atoms with E-state index in [2.05, 4.69) is 16.1 Å². The van der Waals surface area contributed by atoms with Gasteiger partial charge in [-0.05, 0) is 67.3 Å². The molecule has 3 aromatic rings. The molecule has 0 bridgehead atoms. The SMILES string of the molecule is COC(=O)COc1ccc(Nc2cc(-c3cccc(Cl)c3)nc3c2CCC3)cc1. The molecule has 0 atom stereocenters. The van der Waals surface area contributed by atoms with Gasteiger partial charge in [-0.1, -0.05) is 23.7 Å². The second kappa shape index (κ2) is 8.53. The molecule has 6 heteroatoms. The maximum absolute atomic E-state index is 11.2. The van der Waals surface area contributed by atoms with Gasteiger partial charge in [0, 0.05) is 27.7 Å². The van der Waals surface area contributed by atoms with Gasteiger partial charge in [-0.3, -0.25) is 4.98 Å². The number of benzene rings is 2. The molecule has 1 aliphatic carbocycles. The maximum atomic E-state index is 11.2. The fourth-order valence-corrected chi connectivity index (χ4v) is 3.63. The summed E-state index contributed by atoms with van der Waals surface area (Å²) in [7, 11) is 1.34. The molecule has 4 rings (SSSR count). The Balaban J connectivity index is 1.57. The van der Waals surface area contributed by atoms with Crippen LogP contribution in [0.4, 0.5) is 11.4 Å². The number of nitrogens with zero attached hydrogens (tertiary/aromatic N) is 1. The first-order chi connectivity index (χ1) is 14.1. The molecule has 0 amide bonds. The third kappa shape index (κ3) is 4.51. The molecule has 5 nitrogen and oxygen atoms in total. The van der Waals surface area contributed by atoms with E-state index in [0.29, 0.717) is 10.8 Å². The molecule has 1 aliphatic rings. The van der Waals surface area contributed by atoms with Crippen LogP contribution in [0.1, 0.15) is 17.7 Å². The number of ether oxygens (including phenoxy) is 2. The summed E-state index contributed by atoms with van der Waals surface area (Å²) in [6.45, 7) is -0.107. The van der Waals surface area contributed by atoms with Gasteiger partial charge in [0.1, 0.15) is 5.75 Å². The Morgan fingerprint density at radius 2 is 1.97 bits per heavy atom. The van der Waals surface area contributed by atoms with E-state index in [1.54, 1.807) is 0 Å². The van der Waals surface area contributed by atoms with Crippen LogP contribution in [-0.4, -0.2) is 24.7 Å². The number of hydrogen-bond acceptors (Lipinski definition) is 5. The van der Waals surface area contributed by atoms with Crippen molar-refractivity contribution in [2.45, 2.75) is 19.3 Å². The summed E-state index contributed by atoms with van der Waals surface area (Å²) >= 11 is 6.17. The van der Waals surface area contributed by atoms with Gasteiger partial charge < -0.3 is 14.8 Å². The number of aromatic nitrogens is 1. The minimum Gasteiger partial charge on any atom is -0.482 e. The average Bonchev–Trinajstić information content (AvgIpc) is 3.22. The van der Waals surface area contributed by atoms with Crippen LogP contribution in [0, 0.1) is 0 Å². The van der Waals surface area contributed by atoms with Crippen molar-refractivity contribution < 1.29 is 14.3 Å². The molecule has 1 heterocycles. The number of pyridine rings is 1. The predicted molar refractivity (Wildman–Crippen MR) is 114 cm³/mol. The van der Waals surface area contributed by atoms with Crippen molar-refractivity contribution in [3.05, 3.63) is 70.9 Å². The van der Waals surface area contributed by atoms with E-state index >= 15 is 0 Å². The molecule has 29 heavy (non-hydrogen) atoms. The lowest BCUT2D eigenvalue weighted by Crippen LogP contribution is -2.12. The molecule has 0 radical (unpaired) electrons. The quantitative estimate of drug-likeness (QED) is 0.569. The van der Waals surface area contributed by atoms with E-state index in [-0.39, 0.29) is 6.61 Å². The van der Waals surface area contributed by atoms with Gasteiger partial charge in [-0.15, -0.1) is 0 Å². The molecule has 0 aliphatic heterocycles. The molecular weight excluding hydrogens is 388 g/mol. The van der Waals surface area contributed by atoms with Crippen molar-refractivity contribution in [2.75, 3.05) is 19.0 Å². The highest BCUT2D eigenvalue weighted by Crippen LogP contribution is 2.34. The third-order valence-electron chi connectivity index (χ3n) is 4.89. The zero-order chi connectivity index (χ0) is 20.2. The highest BCUT2D eigenvalue weighted by Gasteiger charge is 2.19. The van der Waals surface area contributed by atoms with Crippen LogP contribution >= 0.6 is 11.6 Å². The van der Waals surface area contributed by atoms with Crippen LogP contribution in [0.2, 0.25) is 5.02 Å². The smallest absolute Gasteiger partial charge is 0.343 e. The standard InChI is InChI=1S/C23H21ClN2O3/c1-28-23(27)14-29-18-10-8-17(9-11-18)25-22-13-21(15-4-2-5-16(24)12-15)26-20-7-3-6-19(20)22/h2,4-5,8-13H,3,6-7,14H2,1H3,(H,25,26). The first-order valence-electron chi connectivity index (χ1n) is 9.48. The fourth-order valence-electron chi connectivity index (χ4n) is 3.44. The summed E-state index contributed by atoms with van der Waals surface area (Å²) in [5.74, 6) is 0.202. The van der Waals surface area contributed by atoms with Crippen molar-refractivity contribution >= 4 is 28.9 Å². The summed E-state index contributed by atoms with van der Waals surface area (Å²) in [6, 6.07) is 17.3. The van der Waals surface area contributed by atoms with Gasteiger partial charge in [-0.25, -0.2) is 4.79 Å². The second-order valence-electron chi connectivity index (χ2n) is 6.86. The Kier molecular flexibility index (Phi) is 5.67. The van der Waals surface area contributed by atoms with Crippen LogP contribution < -0.4 is 10.1 Å². The van der Waals surface area contributed by atoms with Gasteiger partial charge in [0.15, 0.2) is 6.61 Å². The van der Waals surface area contributed by atoms with E-state index in [9.17, 15) is 4.79 Å². The maximum Gasteiger partial charge on any atom is 0.343 e. The van der Waals surface area contributed by atoms with E-state index < -0.39 is 5.97 Å². The molecule has 148 valence electrons. The number of carbonyl (C=O) groups excluding carboxylic acids is 1. The zero-order valence-corrected chi connectivity index (χ0v) is 16.8. The van der Waals surface area contributed by atoms with E-state index in [1.165, 1.54) is 12.7 Å². The minimum atomic E-state index is -0.409. The summed E-state index contributed by atoms with van der Waals surface area (Å²) in [5, 5.41) is 4.21. The number of hydrogen-bond donors (Lipinski definition) is 1. The Hall–Kier alpha value is -3.05. The Morgan fingerprint density at radius 3 is 2.72 bits per heavy atom. The molecule has 0 saturated carbocycles. The van der Waals surface area contributed by atoms with Crippen LogP contribution in [0.3, 0.4) is 0 Å². The summed E-state index contributed by atoms with van der Waals surface area (Å²) in [5.41, 5.74) is 6.32. The monoisotopic (exact) mass is 408 g/mol. The molecule has 0 fully saturated rings. The molecule has 0 unspecified atom stereocenters. The zero-order valence-electron chi connectivity index (χ0n) is 16.1. The van der Waals surface area contributed by atoms with Crippen LogP contribution in [0.5, 0.6) is 5.75 Å². The highest BCUT2D eigenvalue weighted by atomic mass is 35.5. The number of nitrogens with one attached hydrogen (secondary N) is 1. The van der Waals surface area contributed by atoms with Crippen LogP contribution in [0.15, 0.2) is 54.6 Å². The number of methoxy groups -OCH3 is 1. The van der Waals surface area contributed by atoms with Gasteiger partial charge >= 0.3 is 5.97 Å². The lowest BCUT2D eigenvalue weighted by atomic mass is 10.1. The van der Waals surface area contributed by atoms with Crippen molar-refractivity contribution in [2.24, 2.45) is 0 Å². The van der Waals surface area contributed by atoms with E-state index in [0.717, 1.165) is 47.6 Å². The normalized spacial score (nSPS) is 12.3. The fraction of sp³-hybridized carbons (Fsp3) is 0.217. The van der Waals surface area contributed by atoms with Gasteiger partial charge in [-0.2, -0.15) is 0 Å². The number of aryl methyl sites for hydroxylation is 1. The van der Waals surface area contributed by atoms with Crippen molar-refractivity contribution in [1.29, 1.82) is 0 Å². The summed E-state index contributed by atoms with van der Waals surface area (Å²) < 4.78 is 9.98. The molecule has 1 aromatic heterocycles. The minimum absolute atomic E-state index is 0.107. The first-order valence-corrected chi connectivity index (χ1v) is 9.85. The Labute approximate surface area is 174 Å².